The highest BCUT2D eigenvalue weighted by molar-refractivity contribution is 5.49. The Balaban J connectivity index is 2.21. The molecule has 5 heteroatoms. The second-order valence-corrected chi connectivity index (χ2v) is 4.55. The van der Waals surface area contributed by atoms with Gasteiger partial charge in [0, 0.05) is 12.1 Å². The fraction of sp³-hybridized carbons (Fsp3) is 0.200. The molecule has 0 spiro atoms. The molecule has 0 radical (unpaired) electrons. The van der Waals surface area contributed by atoms with E-state index >= 15 is 0 Å². The van der Waals surface area contributed by atoms with E-state index in [0.29, 0.717) is 12.2 Å². The third kappa shape index (κ3) is 3.33. The third-order valence-electron chi connectivity index (χ3n) is 2.94. The second kappa shape index (κ2) is 6.16. The van der Waals surface area contributed by atoms with E-state index in [2.05, 4.69) is 0 Å². The van der Waals surface area contributed by atoms with E-state index in [1.54, 1.807) is 19.1 Å². The molecule has 2 N–H and O–H groups in total. The van der Waals surface area contributed by atoms with Crippen LogP contribution in [0.15, 0.2) is 48.5 Å². The van der Waals surface area contributed by atoms with Gasteiger partial charge in [0.15, 0.2) is 5.75 Å². The smallest absolute Gasteiger partial charge is 0.311 e. The molecule has 104 valence electrons. The van der Waals surface area contributed by atoms with Gasteiger partial charge in [-0.15, -0.1) is 0 Å². The highest BCUT2D eigenvalue weighted by Gasteiger charge is 2.17. The van der Waals surface area contributed by atoms with Gasteiger partial charge in [0.1, 0.15) is 6.61 Å². The zero-order valence-corrected chi connectivity index (χ0v) is 11.2. The van der Waals surface area contributed by atoms with Crippen molar-refractivity contribution < 1.29 is 9.66 Å². The van der Waals surface area contributed by atoms with E-state index in [0.717, 1.165) is 5.56 Å². The summed E-state index contributed by atoms with van der Waals surface area (Å²) in [5.41, 5.74) is 7.34. The summed E-state index contributed by atoms with van der Waals surface area (Å²) < 4.78 is 5.54. The first kappa shape index (κ1) is 14.0. The summed E-state index contributed by atoms with van der Waals surface area (Å²) in [6.07, 6.45) is 0. The fourth-order valence-corrected chi connectivity index (χ4v) is 1.82. The van der Waals surface area contributed by atoms with Crippen LogP contribution in [0.1, 0.15) is 24.1 Å². The number of hydrogen-bond acceptors (Lipinski definition) is 4. The van der Waals surface area contributed by atoms with Gasteiger partial charge in [-0.05, 0) is 24.1 Å². The monoisotopic (exact) mass is 272 g/mol. The molecule has 0 saturated carbocycles. The van der Waals surface area contributed by atoms with E-state index < -0.39 is 4.92 Å². The standard InChI is InChI=1S/C15H16N2O3/c1-11(16)13-7-8-15(14(9-13)17(18)19)20-10-12-5-3-2-4-6-12/h2-9,11H,10,16H2,1H3. The van der Waals surface area contributed by atoms with E-state index in [1.807, 2.05) is 30.3 Å². The van der Waals surface area contributed by atoms with Crippen molar-refractivity contribution in [2.45, 2.75) is 19.6 Å². The number of nitro benzene ring substituents is 1. The Kier molecular flexibility index (Phi) is 4.32. The van der Waals surface area contributed by atoms with Crippen molar-refractivity contribution in [1.29, 1.82) is 0 Å². The van der Waals surface area contributed by atoms with Crippen LogP contribution in [0.4, 0.5) is 5.69 Å². The average molecular weight is 272 g/mol. The first-order valence-corrected chi connectivity index (χ1v) is 6.28. The Hall–Kier alpha value is -2.40. The predicted octanol–water partition coefficient (Wildman–Crippen LogP) is 3.19. The summed E-state index contributed by atoms with van der Waals surface area (Å²) in [6, 6.07) is 14.1. The maximum Gasteiger partial charge on any atom is 0.311 e. The van der Waals surface area contributed by atoms with Crippen LogP contribution in [0.2, 0.25) is 0 Å². The molecule has 0 fully saturated rings. The lowest BCUT2D eigenvalue weighted by Gasteiger charge is -2.10. The molecule has 0 bridgehead atoms. The highest BCUT2D eigenvalue weighted by Crippen LogP contribution is 2.30. The van der Waals surface area contributed by atoms with E-state index in [9.17, 15) is 10.1 Å². The Labute approximate surface area is 117 Å². The van der Waals surface area contributed by atoms with Gasteiger partial charge in [-0.3, -0.25) is 10.1 Å². The van der Waals surface area contributed by atoms with Crippen molar-refractivity contribution in [1.82, 2.24) is 0 Å². The third-order valence-corrected chi connectivity index (χ3v) is 2.94. The lowest BCUT2D eigenvalue weighted by molar-refractivity contribution is -0.386. The quantitative estimate of drug-likeness (QED) is 0.669. The van der Waals surface area contributed by atoms with Crippen LogP contribution in [0.3, 0.4) is 0 Å². The normalized spacial score (nSPS) is 11.9. The number of rotatable bonds is 5. The molecule has 0 aliphatic rings. The molecule has 0 heterocycles. The number of nitrogens with two attached hydrogens (primary N) is 1. The van der Waals surface area contributed by atoms with Crippen molar-refractivity contribution in [3.8, 4) is 5.75 Å². The molecule has 0 aliphatic heterocycles. The minimum absolute atomic E-state index is 0.0595. The van der Waals surface area contributed by atoms with Gasteiger partial charge in [-0.2, -0.15) is 0 Å². The highest BCUT2D eigenvalue weighted by atomic mass is 16.6. The molecule has 2 rings (SSSR count). The lowest BCUT2D eigenvalue weighted by Crippen LogP contribution is -2.06. The summed E-state index contributed by atoms with van der Waals surface area (Å²) in [6.45, 7) is 2.07. The molecular weight excluding hydrogens is 256 g/mol. The zero-order valence-electron chi connectivity index (χ0n) is 11.2. The lowest BCUT2D eigenvalue weighted by atomic mass is 10.1. The molecular formula is C15H16N2O3. The Morgan fingerprint density at radius 3 is 2.55 bits per heavy atom. The van der Waals surface area contributed by atoms with E-state index in [-0.39, 0.29) is 17.5 Å². The Morgan fingerprint density at radius 1 is 1.25 bits per heavy atom. The molecule has 1 unspecified atom stereocenters. The molecule has 0 saturated heterocycles. The van der Waals surface area contributed by atoms with Gasteiger partial charge in [0.2, 0.25) is 0 Å². The summed E-state index contributed by atoms with van der Waals surface area (Å²) >= 11 is 0. The topological polar surface area (TPSA) is 78.4 Å². The zero-order chi connectivity index (χ0) is 14.5. The molecule has 20 heavy (non-hydrogen) atoms. The minimum atomic E-state index is -0.452. The minimum Gasteiger partial charge on any atom is -0.482 e. The second-order valence-electron chi connectivity index (χ2n) is 4.55. The first-order valence-electron chi connectivity index (χ1n) is 6.28. The van der Waals surface area contributed by atoms with Crippen molar-refractivity contribution in [2.24, 2.45) is 5.73 Å². The summed E-state index contributed by atoms with van der Waals surface area (Å²) in [4.78, 5) is 10.6. The average Bonchev–Trinajstić information content (AvgIpc) is 2.45. The summed E-state index contributed by atoms with van der Waals surface area (Å²) in [5.74, 6) is 0.253. The van der Waals surface area contributed by atoms with Crippen molar-refractivity contribution in [3.63, 3.8) is 0 Å². The van der Waals surface area contributed by atoms with Crippen LogP contribution in [0.25, 0.3) is 0 Å². The SMILES string of the molecule is CC(N)c1ccc(OCc2ccccc2)c([N+](=O)[O-])c1. The van der Waals surface area contributed by atoms with Gasteiger partial charge < -0.3 is 10.5 Å². The van der Waals surface area contributed by atoms with Crippen LogP contribution >= 0.6 is 0 Å². The first-order chi connectivity index (χ1) is 9.58. The molecule has 2 aromatic carbocycles. The Morgan fingerprint density at radius 2 is 1.95 bits per heavy atom. The summed E-state index contributed by atoms with van der Waals surface area (Å²) in [5, 5.41) is 11.1. The van der Waals surface area contributed by atoms with Crippen molar-refractivity contribution in [3.05, 3.63) is 69.8 Å². The molecule has 1 atom stereocenters. The predicted molar refractivity (Wildman–Crippen MR) is 76.5 cm³/mol. The molecule has 0 aliphatic carbocycles. The van der Waals surface area contributed by atoms with Gasteiger partial charge in [-0.25, -0.2) is 0 Å². The van der Waals surface area contributed by atoms with Crippen LogP contribution in [0.5, 0.6) is 5.75 Å². The molecule has 5 nitrogen and oxygen atoms in total. The summed E-state index contributed by atoms with van der Waals surface area (Å²) in [7, 11) is 0. The number of hydrogen-bond donors (Lipinski definition) is 1. The van der Waals surface area contributed by atoms with Gasteiger partial charge in [0.05, 0.1) is 4.92 Å². The van der Waals surface area contributed by atoms with Crippen molar-refractivity contribution >= 4 is 5.69 Å². The van der Waals surface area contributed by atoms with E-state index in [1.165, 1.54) is 6.07 Å². The number of benzene rings is 2. The van der Waals surface area contributed by atoms with E-state index in [4.69, 9.17) is 10.5 Å². The number of nitro groups is 1. The van der Waals surface area contributed by atoms with Gasteiger partial charge in [-0.1, -0.05) is 36.4 Å². The van der Waals surface area contributed by atoms with Crippen LogP contribution < -0.4 is 10.5 Å². The molecule has 2 aromatic rings. The Bertz CT molecular complexity index is 597. The largest absolute Gasteiger partial charge is 0.482 e. The van der Waals surface area contributed by atoms with Crippen LogP contribution in [-0.2, 0) is 6.61 Å². The maximum atomic E-state index is 11.1. The van der Waals surface area contributed by atoms with Gasteiger partial charge >= 0.3 is 5.69 Å². The maximum absolute atomic E-state index is 11.1. The van der Waals surface area contributed by atoms with Crippen molar-refractivity contribution in [2.75, 3.05) is 0 Å². The van der Waals surface area contributed by atoms with Gasteiger partial charge in [0.25, 0.3) is 0 Å². The number of ether oxygens (including phenoxy) is 1. The number of nitrogens with zero attached hydrogens (tertiary/aromatic N) is 1. The van der Waals surface area contributed by atoms with Crippen LogP contribution in [0, 0.1) is 10.1 Å². The molecule has 0 aromatic heterocycles. The molecule has 0 amide bonds. The van der Waals surface area contributed by atoms with Crippen LogP contribution in [-0.4, -0.2) is 4.92 Å². The fourth-order valence-electron chi connectivity index (χ4n) is 1.82.